The molecule has 0 spiro atoms. The molecule has 0 bridgehead atoms. The Bertz CT molecular complexity index is 807. The maximum atomic E-state index is 13.7. The van der Waals surface area contributed by atoms with Crippen LogP contribution in [0, 0.1) is 5.82 Å². The molecule has 138 valence electrons. The van der Waals surface area contributed by atoms with E-state index in [9.17, 15) is 14.0 Å². The molecule has 2 aromatic carbocycles. The molecule has 1 amide bonds. The van der Waals surface area contributed by atoms with Crippen molar-refractivity contribution in [2.45, 2.75) is 19.3 Å². The SMILES string of the molecule is COc1ccc(CCCC(=O)Nc2cc(C(=O)O)ccc2F)c(OC)c1. The first kappa shape index (κ1) is 19.2. The van der Waals surface area contributed by atoms with Crippen LogP contribution in [0.4, 0.5) is 10.1 Å². The Labute approximate surface area is 150 Å². The molecular formula is C19H20FNO5. The fourth-order valence-electron chi connectivity index (χ4n) is 2.46. The van der Waals surface area contributed by atoms with Gasteiger partial charge in [-0.05, 0) is 42.7 Å². The standard InChI is InChI=1S/C19H20FNO5/c1-25-14-8-6-12(17(11-14)26-2)4-3-5-18(22)21-16-10-13(19(23)24)7-9-15(16)20/h6-11H,3-5H2,1-2H3,(H,21,22)(H,23,24). The molecule has 7 heteroatoms. The number of ether oxygens (including phenoxy) is 2. The number of aromatic carboxylic acids is 1. The van der Waals surface area contributed by atoms with Gasteiger partial charge in [-0.25, -0.2) is 9.18 Å². The molecule has 0 aromatic heterocycles. The Morgan fingerprint density at radius 3 is 2.54 bits per heavy atom. The van der Waals surface area contributed by atoms with Crippen LogP contribution in [0.5, 0.6) is 11.5 Å². The Balaban J connectivity index is 1.94. The number of benzene rings is 2. The number of hydrogen-bond acceptors (Lipinski definition) is 4. The predicted octanol–water partition coefficient (Wildman–Crippen LogP) is 3.50. The number of nitrogens with one attached hydrogen (secondary N) is 1. The summed E-state index contributed by atoms with van der Waals surface area (Å²) in [5.74, 6) is -0.909. The largest absolute Gasteiger partial charge is 0.497 e. The normalized spacial score (nSPS) is 10.3. The third-order valence-electron chi connectivity index (χ3n) is 3.83. The van der Waals surface area contributed by atoms with E-state index in [0.717, 1.165) is 23.8 Å². The van der Waals surface area contributed by atoms with Crippen molar-refractivity contribution in [1.82, 2.24) is 0 Å². The summed E-state index contributed by atoms with van der Waals surface area (Å²) in [6.45, 7) is 0. The number of halogens is 1. The highest BCUT2D eigenvalue weighted by molar-refractivity contribution is 5.94. The van der Waals surface area contributed by atoms with Crippen molar-refractivity contribution in [2.24, 2.45) is 0 Å². The van der Waals surface area contributed by atoms with Gasteiger partial charge >= 0.3 is 5.97 Å². The number of amides is 1. The maximum absolute atomic E-state index is 13.7. The Morgan fingerprint density at radius 1 is 1.12 bits per heavy atom. The number of methoxy groups -OCH3 is 2. The van der Waals surface area contributed by atoms with Gasteiger partial charge in [0.25, 0.3) is 0 Å². The van der Waals surface area contributed by atoms with E-state index in [4.69, 9.17) is 14.6 Å². The lowest BCUT2D eigenvalue weighted by molar-refractivity contribution is -0.116. The Hall–Kier alpha value is -3.09. The van der Waals surface area contributed by atoms with E-state index < -0.39 is 11.8 Å². The van der Waals surface area contributed by atoms with Gasteiger partial charge in [0.1, 0.15) is 17.3 Å². The molecule has 0 heterocycles. The van der Waals surface area contributed by atoms with E-state index in [1.165, 1.54) is 0 Å². The molecule has 0 aliphatic carbocycles. The molecule has 0 unspecified atom stereocenters. The topological polar surface area (TPSA) is 84.9 Å². The van der Waals surface area contributed by atoms with E-state index in [1.807, 2.05) is 12.1 Å². The molecule has 26 heavy (non-hydrogen) atoms. The molecule has 0 aliphatic heterocycles. The van der Waals surface area contributed by atoms with Gasteiger partial charge in [0.05, 0.1) is 25.5 Å². The molecule has 0 saturated carbocycles. The second-order valence-electron chi connectivity index (χ2n) is 5.58. The van der Waals surface area contributed by atoms with Gasteiger partial charge in [-0.15, -0.1) is 0 Å². The van der Waals surface area contributed by atoms with Crippen molar-refractivity contribution < 1.29 is 28.6 Å². The lowest BCUT2D eigenvalue weighted by atomic mass is 10.1. The van der Waals surface area contributed by atoms with Crippen molar-refractivity contribution in [1.29, 1.82) is 0 Å². The van der Waals surface area contributed by atoms with Crippen LogP contribution in [-0.2, 0) is 11.2 Å². The summed E-state index contributed by atoms with van der Waals surface area (Å²) in [6, 6.07) is 8.70. The fourth-order valence-corrected chi connectivity index (χ4v) is 2.46. The summed E-state index contributed by atoms with van der Waals surface area (Å²) in [6.07, 6.45) is 1.28. The van der Waals surface area contributed by atoms with E-state index in [0.29, 0.717) is 24.3 Å². The number of carboxylic acids is 1. The summed E-state index contributed by atoms with van der Waals surface area (Å²) in [5, 5.41) is 11.3. The summed E-state index contributed by atoms with van der Waals surface area (Å²) in [4.78, 5) is 22.9. The molecule has 0 radical (unpaired) electrons. The average Bonchev–Trinajstić information content (AvgIpc) is 2.63. The molecule has 0 aliphatic rings. The third-order valence-corrected chi connectivity index (χ3v) is 3.83. The first-order chi connectivity index (χ1) is 12.4. The van der Waals surface area contributed by atoms with Crippen LogP contribution in [0.15, 0.2) is 36.4 Å². The van der Waals surface area contributed by atoms with Crippen molar-refractivity contribution in [3.05, 3.63) is 53.3 Å². The number of carboxylic acid groups (broad SMARTS) is 1. The minimum absolute atomic E-state index is 0.0929. The summed E-state index contributed by atoms with van der Waals surface area (Å²) in [7, 11) is 3.13. The Kier molecular flexibility index (Phi) is 6.54. The lowest BCUT2D eigenvalue weighted by Gasteiger charge is -2.11. The van der Waals surface area contributed by atoms with Gasteiger partial charge in [0, 0.05) is 12.5 Å². The molecule has 2 N–H and O–H groups in total. The van der Waals surface area contributed by atoms with Crippen molar-refractivity contribution in [3.8, 4) is 11.5 Å². The van der Waals surface area contributed by atoms with Crippen LogP contribution in [0.25, 0.3) is 0 Å². The average molecular weight is 361 g/mol. The number of aryl methyl sites for hydroxylation is 1. The van der Waals surface area contributed by atoms with Gasteiger partial charge in [-0.3, -0.25) is 4.79 Å². The molecule has 2 rings (SSSR count). The summed E-state index contributed by atoms with van der Waals surface area (Å²) in [5.41, 5.74) is 0.696. The number of carbonyl (C=O) groups excluding carboxylic acids is 1. The molecule has 2 aromatic rings. The number of hydrogen-bond donors (Lipinski definition) is 2. The van der Waals surface area contributed by atoms with Crippen molar-refractivity contribution in [3.63, 3.8) is 0 Å². The monoisotopic (exact) mass is 361 g/mol. The fraction of sp³-hybridized carbons (Fsp3) is 0.263. The second kappa shape index (κ2) is 8.84. The van der Waals surface area contributed by atoms with Crippen molar-refractivity contribution in [2.75, 3.05) is 19.5 Å². The number of anilines is 1. The van der Waals surface area contributed by atoms with Gasteiger partial charge in [-0.2, -0.15) is 0 Å². The van der Waals surface area contributed by atoms with Gasteiger partial charge < -0.3 is 19.9 Å². The van der Waals surface area contributed by atoms with E-state index in [-0.39, 0.29) is 23.6 Å². The quantitative estimate of drug-likeness (QED) is 0.752. The molecule has 0 saturated heterocycles. The predicted molar refractivity (Wildman–Crippen MR) is 94.5 cm³/mol. The highest BCUT2D eigenvalue weighted by Crippen LogP contribution is 2.26. The molecule has 0 fully saturated rings. The molecule has 6 nitrogen and oxygen atoms in total. The minimum Gasteiger partial charge on any atom is -0.497 e. The van der Waals surface area contributed by atoms with Gasteiger partial charge in [-0.1, -0.05) is 6.07 Å². The van der Waals surface area contributed by atoms with Crippen LogP contribution in [-0.4, -0.2) is 31.2 Å². The number of rotatable bonds is 8. The zero-order valence-corrected chi connectivity index (χ0v) is 14.5. The van der Waals surface area contributed by atoms with Crippen LogP contribution >= 0.6 is 0 Å². The summed E-state index contributed by atoms with van der Waals surface area (Å²) < 4.78 is 24.2. The second-order valence-corrected chi connectivity index (χ2v) is 5.58. The molecule has 0 atom stereocenters. The van der Waals surface area contributed by atoms with Crippen LogP contribution in [0.1, 0.15) is 28.8 Å². The van der Waals surface area contributed by atoms with E-state index in [1.54, 1.807) is 20.3 Å². The first-order valence-corrected chi connectivity index (χ1v) is 7.98. The zero-order valence-electron chi connectivity index (χ0n) is 14.5. The van der Waals surface area contributed by atoms with Crippen LogP contribution in [0.2, 0.25) is 0 Å². The van der Waals surface area contributed by atoms with E-state index >= 15 is 0 Å². The van der Waals surface area contributed by atoms with Crippen molar-refractivity contribution >= 4 is 17.6 Å². The van der Waals surface area contributed by atoms with Gasteiger partial charge in [0.15, 0.2) is 0 Å². The highest BCUT2D eigenvalue weighted by atomic mass is 19.1. The Morgan fingerprint density at radius 2 is 1.88 bits per heavy atom. The highest BCUT2D eigenvalue weighted by Gasteiger charge is 2.12. The van der Waals surface area contributed by atoms with E-state index in [2.05, 4.69) is 5.32 Å². The zero-order chi connectivity index (χ0) is 19.1. The van der Waals surface area contributed by atoms with Gasteiger partial charge in [0.2, 0.25) is 5.91 Å². The smallest absolute Gasteiger partial charge is 0.335 e. The first-order valence-electron chi connectivity index (χ1n) is 7.98. The number of carbonyl (C=O) groups is 2. The van der Waals surface area contributed by atoms with Crippen LogP contribution in [0.3, 0.4) is 0 Å². The maximum Gasteiger partial charge on any atom is 0.335 e. The third kappa shape index (κ3) is 4.95. The summed E-state index contributed by atoms with van der Waals surface area (Å²) >= 11 is 0. The lowest BCUT2D eigenvalue weighted by Crippen LogP contribution is -2.13. The van der Waals surface area contributed by atoms with Crippen LogP contribution < -0.4 is 14.8 Å². The minimum atomic E-state index is -1.19. The molecular weight excluding hydrogens is 341 g/mol.